The molecule has 1 atom stereocenters. The molecule has 0 saturated carbocycles. The third-order valence-electron chi connectivity index (χ3n) is 5.54. The number of aromatic nitrogens is 3. The molecule has 2 saturated heterocycles. The maximum absolute atomic E-state index is 12.8. The minimum Gasteiger partial charge on any atom is -0.361 e. The largest absolute Gasteiger partial charge is 0.361 e. The maximum Gasteiger partial charge on any atom is 0.259 e. The molecule has 0 bridgehead atoms. The fourth-order valence-corrected chi connectivity index (χ4v) is 3.89. The van der Waals surface area contributed by atoms with Crippen LogP contribution in [0.3, 0.4) is 0 Å². The number of piperazine rings is 1. The van der Waals surface area contributed by atoms with Gasteiger partial charge in [0.1, 0.15) is 11.3 Å². The van der Waals surface area contributed by atoms with Crippen molar-refractivity contribution in [1.82, 2.24) is 24.7 Å². The quantitative estimate of drug-likeness (QED) is 0.766. The summed E-state index contributed by atoms with van der Waals surface area (Å²) in [6, 6.07) is 0. The van der Waals surface area contributed by atoms with Crippen molar-refractivity contribution >= 4 is 17.5 Å². The number of rotatable bonds is 2. The van der Waals surface area contributed by atoms with Crippen molar-refractivity contribution in [3.63, 3.8) is 0 Å². The van der Waals surface area contributed by atoms with Crippen LogP contribution in [0.2, 0.25) is 0 Å². The molecule has 0 radical (unpaired) electrons. The summed E-state index contributed by atoms with van der Waals surface area (Å²) in [7, 11) is 3.79. The Morgan fingerprint density at radius 2 is 2.08 bits per heavy atom. The van der Waals surface area contributed by atoms with Crippen LogP contribution in [0.4, 0.5) is 5.69 Å². The van der Waals surface area contributed by atoms with Crippen LogP contribution >= 0.6 is 0 Å². The molecule has 2 amide bonds. The van der Waals surface area contributed by atoms with E-state index < -0.39 is 0 Å². The maximum atomic E-state index is 12.8. The minimum absolute atomic E-state index is 0.0470. The van der Waals surface area contributed by atoms with Crippen LogP contribution in [0.25, 0.3) is 0 Å². The lowest BCUT2D eigenvalue weighted by molar-refractivity contribution is -0.123. The van der Waals surface area contributed by atoms with Crippen molar-refractivity contribution in [2.75, 3.05) is 38.1 Å². The van der Waals surface area contributed by atoms with Gasteiger partial charge in [0.15, 0.2) is 0 Å². The second-order valence-corrected chi connectivity index (χ2v) is 7.20. The number of carbonyl (C=O) groups is 2. The number of aryl methyl sites for hydroxylation is 2. The fraction of sp³-hybridized carbons (Fsp3) is 0.529. The van der Waals surface area contributed by atoms with E-state index in [0.29, 0.717) is 37.5 Å². The molecule has 0 N–H and O–H groups in total. The normalized spacial score (nSPS) is 24.0. The zero-order chi connectivity index (χ0) is 18.5. The van der Waals surface area contributed by atoms with E-state index >= 15 is 0 Å². The smallest absolute Gasteiger partial charge is 0.259 e. The predicted molar refractivity (Wildman–Crippen MR) is 92.7 cm³/mol. The van der Waals surface area contributed by atoms with Crippen LogP contribution in [0.15, 0.2) is 23.1 Å². The standard InChI is InChI=1S/C17H22N6O3/c1-12-14(7-19-26-12)16(25)22-5-4-17(10-22)11-23(15(24)9-20(17)2)13-6-18-21(3)8-13/h6-8H,4-5,9-11H2,1-3H3. The van der Waals surface area contributed by atoms with Gasteiger partial charge < -0.3 is 14.3 Å². The Kier molecular flexibility index (Phi) is 3.83. The average molecular weight is 358 g/mol. The highest BCUT2D eigenvalue weighted by atomic mass is 16.5. The molecule has 9 heteroatoms. The molecule has 2 aliphatic heterocycles. The van der Waals surface area contributed by atoms with Gasteiger partial charge in [0.05, 0.1) is 30.2 Å². The van der Waals surface area contributed by atoms with Crippen LogP contribution in [0.5, 0.6) is 0 Å². The second kappa shape index (κ2) is 5.94. The number of nitrogens with zero attached hydrogens (tertiary/aromatic N) is 6. The van der Waals surface area contributed by atoms with Crippen LogP contribution < -0.4 is 4.90 Å². The van der Waals surface area contributed by atoms with E-state index in [1.165, 1.54) is 6.20 Å². The van der Waals surface area contributed by atoms with Crippen LogP contribution in [-0.2, 0) is 11.8 Å². The third-order valence-corrected chi connectivity index (χ3v) is 5.54. The molecule has 1 spiro atoms. The zero-order valence-electron chi connectivity index (χ0n) is 15.2. The number of amides is 2. The molecular formula is C17H22N6O3. The molecule has 26 heavy (non-hydrogen) atoms. The molecule has 0 aromatic carbocycles. The summed E-state index contributed by atoms with van der Waals surface area (Å²) in [5.41, 5.74) is 1.04. The van der Waals surface area contributed by atoms with E-state index in [-0.39, 0.29) is 17.4 Å². The van der Waals surface area contributed by atoms with E-state index in [0.717, 1.165) is 12.1 Å². The van der Waals surface area contributed by atoms with Gasteiger partial charge in [-0.05, 0) is 20.4 Å². The summed E-state index contributed by atoms with van der Waals surface area (Å²) in [4.78, 5) is 31.0. The highest BCUT2D eigenvalue weighted by molar-refractivity contribution is 5.97. The van der Waals surface area contributed by atoms with Gasteiger partial charge in [0, 0.05) is 32.9 Å². The molecule has 4 rings (SSSR count). The Morgan fingerprint density at radius 3 is 2.73 bits per heavy atom. The first-order valence-corrected chi connectivity index (χ1v) is 8.60. The molecule has 9 nitrogen and oxygen atoms in total. The van der Waals surface area contributed by atoms with Gasteiger partial charge in [-0.1, -0.05) is 5.16 Å². The fourth-order valence-electron chi connectivity index (χ4n) is 3.89. The van der Waals surface area contributed by atoms with Gasteiger partial charge >= 0.3 is 0 Å². The molecule has 2 aromatic heterocycles. The summed E-state index contributed by atoms with van der Waals surface area (Å²) >= 11 is 0. The Labute approximate surface area is 151 Å². The van der Waals surface area contributed by atoms with Crippen molar-refractivity contribution in [1.29, 1.82) is 0 Å². The van der Waals surface area contributed by atoms with Gasteiger partial charge in [0.25, 0.3) is 5.91 Å². The number of hydrogen-bond donors (Lipinski definition) is 0. The number of likely N-dealkylation sites (N-methyl/N-ethyl adjacent to an activating group) is 1. The Morgan fingerprint density at radius 1 is 1.27 bits per heavy atom. The molecule has 138 valence electrons. The zero-order valence-corrected chi connectivity index (χ0v) is 15.2. The lowest BCUT2D eigenvalue weighted by Gasteiger charge is -2.46. The Bertz CT molecular complexity index is 858. The van der Waals surface area contributed by atoms with Gasteiger partial charge in [-0.3, -0.25) is 19.2 Å². The molecule has 4 heterocycles. The highest BCUT2D eigenvalue weighted by Crippen LogP contribution is 2.34. The Balaban J connectivity index is 1.57. The van der Waals surface area contributed by atoms with E-state index in [2.05, 4.69) is 15.2 Å². The molecular weight excluding hydrogens is 336 g/mol. The molecule has 2 fully saturated rings. The topological polar surface area (TPSA) is 87.7 Å². The summed E-state index contributed by atoms with van der Waals surface area (Å²) in [5, 5.41) is 7.88. The van der Waals surface area contributed by atoms with Crippen molar-refractivity contribution in [3.8, 4) is 0 Å². The first-order valence-electron chi connectivity index (χ1n) is 8.60. The second-order valence-electron chi connectivity index (χ2n) is 7.20. The minimum atomic E-state index is -0.259. The van der Waals surface area contributed by atoms with Crippen molar-refractivity contribution in [3.05, 3.63) is 29.9 Å². The predicted octanol–water partition coefficient (Wildman–Crippen LogP) is 0.280. The van der Waals surface area contributed by atoms with E-state index in [9.17, 15) is 9.59 Å². The van der Waals surface area contributed by atoms with Crippen molar-refractivity contribution < 1.29 is 14.1 Å². The number of anilines is 1. The van der Waals surface area contributed by atoms with Gasteiger partial charge in [-0.2, -0.15) is 5.10 Å². The Hall–Kier alpha value is -2.68. The average Bonchev–Trinajstić information content (AvgIpc) is 3.31. The molecule has 1 unspecified atom stereocenters. The lowest BCUT2D eigenvalue weighted by Crippen LogP contribution is -2.64. The van der Waals surface area contributed by atoms with Crippen molar-refractivity contribution in [2.24, 2.45) is 7.05 Å². The third kappa shape index (κ3) is 2.59. The lowest BCUT2D eigenvalue weighted by atomic mass is 9.93. The van der Waals surface area contributed by atoms with E-state index in [4.69, 9.17) is 4.52 Å². The first-order chi connectivity index (χ1) is 12.4. The van der Waals surface area contributed by atoms with Gasteiger partial charge in [0.2, 0.25) is 5.91 Å². The summed E-state index contributed by atoms with van der Waals surface area (Å²) < 4.78 is 6.71. The number of carbonyl (C=O) groups excluding carboxylic acids is 2. The molecule has 2 aliphatic rings. The van der Waals surface area contributed by atoms with Gasteiger partial charge in [-0.25, -0.2) is 0 Å². The number of hydrogen-bond acceptors (Lipinski definition) is 6. The van der Waals surface area contributed by atoms with Crippen LogP contribution in [-0.4, -0.2) is 75.3 Å². The summed E-state index contributed by atoms with van der Waals surface area (Å²) in [6.45, 7) is 3.81. The van der Waals surface area contributed by atoms with Crippen LogP contribution in [0, 0.1) is 6.92 Å². The highest BCUT2D eigenvalue weighted by Gasteiger charge is 2.49. The molecule has 2 aromatic rings. The van der Waals surface area contributed by atoms with Crippen LogP contribution in [0.1, 0.15) is 22.5 Å². The van der Waals surface area contributed by atoms with E-state index in [1.807, 2.05) is 25.2 Å². The monoisotopic (exact) mass is 358 g/mol. The van der Waals surface area contributed by atoms with Crippen molar-refractivity contribution in [2.45, 2.75) is 18.9 Å². The SMILES string of the molecule is Cc1oncc1C(=O)N1CCC2(C1)CN(c1cnn(C)c1)C(=O)CN2C. The summed E-state index contributed by atoms with van der Waals surface area (Å²) in [6.07, 6.45) is 5.83. The summed E-state index contributed by atoms with van der Waals surface area (Å²) in [5.74, 6) is 0.504. The molecule has 0 aliphatic carbocycles. The van der Waals surface area contributed by atoms with Gasteiger partial charge in [-0.15, -0.1) is 0 Å². The first kappa shape index (κ1) is 16.8. The number of likely N-dealkylation sites (tertiary alicyclic amines) is 1. The van der Waals surface area contributed by atoms with E-state index in [1.54, 1.807) is 22.7 Å².